The van der Waals surface area contributed by atoms with Crippen LogP contribution in [0.15, 0.2) is 12.4 Å². The lowest BCUT2D eigenvalue weighted by molar-refractivity contribution is 0.123. The fourth-order valence-electron chi connectivity index (χ4n) is 2.11. The lowest BCUT2D eigenvalue weighted by Gasteiger charge is -2.08. The van der Waals surface area contributed by atoms with Crippen molar-refractivity contribution >= 4 is 0 Å². The normalized spacial score (nSPS) is 20.4. The van der Waals surface area contributed by atoms with Crippen molar-refractivity contribution in [3.63, 3.8) is 0 Å². The van der Waals surface area contributed by atoms with Crippen molar-refractivity contribution in [2.24, 2.45) is 13.0 Å². The van der Waals surface area contributed by atoms with Gasteiger partial charge in [0.1, 0.15) is 5.82 Å². The van der Waals surface area contributed by atoms with Gasteiger partial charge < -0.3 is 14.6 Å². The van der Waals surface area contributed by atoms with Crippen LogP contribution in [-0.2, 0) is 18.2 Å². The van der Waals surface area contributed by atoms with E-state index in [-0.39, 0.29) is 0 Å². The number of ether oxygens (including phenoxy) is 1. The molecule has 1 aliphatic heterocycles. The van der Waals surface area contributed by atoms with Gasteiger partial charge in [-0.15, -0.1) is 0 Å². The van der Waals surface area contributed by atoms with E-state index in [4.69, 9.17) is 4.74 Å². The van der Waals surface area contributed by atoms with Crippen LogP contribution in [0.5, 0.6) is 0 Å². The number of rotatable bonds is 6. The summed E-state index contributed by atoms with van der Waals surface area (Å²) in [5, 5.41) is 3.37. The number of nitrogens with one attached hydrogen (secondary N) is 1. The van der Waals surface area contributed by atoms with Crippen molar-refractivity contribution in [3.05, 3.63) is 18.2 Å². The summed E-state index contributed by atoms with van der Waals surface area (Å²) in [4.78, 5) is 4.26. The van der Waals surface area contributed by atoms with Gasteiger partial charge in [0.05, 0.1) is 6.61 Å². The number of hydrogen-bond acceptors (Lipinski definition) is 3. The van der Waals surface area contributed by atoms with E-state index in [1.54, 1.807) is 0 Å². The Hall–Kier alpha value is -0.870. The molecule has 4 nitrogen and oxygen atoms in total. The van der Waals surface area contributed by atoms with Crippen LogP contribution in [0.2, 0.25) is 0 Å². The number of nitrogens with zero attached hydrogens (tertiary/aromatic N) is 2. The molecule has 90 valence electrons. The fraction of sp³-hybridized carbons (Fsp3) is 0.750. The first-order chi connectivity index (χ1) is 7.86. The molecule has 1 saturated heterocycles. The van der Waals surface area contributed by atoms with Crippen molar-refractivity contribution < 1.29 is 4.74 Å². The molecular formula is C12H21N3O. The Morgan fingerprint density at radius 1 is 1.56 bits per heavy atom. The topological polar surface area (TPSA) is 39.1 Å². The Labute approximate surface area is 97.0 Å². The van der Waals surface area contributed by atoms with Gasteiger partial charge in [-0.25, -0.2) is 4.98 Å². The molecule has 0 saturated carbocycles. The molecule has 1 aromatic rings. The van der Waals surface area contributed by atoms with Crippen LogP contribution < -0.4 is 5.32 Å². The summed E-state index contributed by atoms with van der Waals surface area (Å²) in [6.45, 7) is 4.02. The van der Waals surface area contributed by atoms with E-state index < -0.39 is 0 Å². The molecule has 1 aromatic heterocycles. The highest BCUT2D eigenvalue weighted by Crippen LogP contribution is 2.11. The number of imidazole rings is 1. The maximum Gasteiger partial charge on any atom is 0.110 e. The quantitative estimate of drug-likeness (QED) is 0.731. The summed E-state index contributed by atoms with van der Waals surface area (Å²) in [6.07, 6.45) is 7.21. The molecule has 2 heterocycles. The predicted molar refractivity (Wildman–Crippen MR) is 63.3 cm³/mol. The summed E-state index contributed by atoms with van der Waals surface area (Å²) in [5.41, 5.74) is 0. The van der Waals surface area contributed by atoms with Gasteiger partial charge in [0.15, 0.2) is 0 Å². The Morgan fingerprint density at radius 3 is 3.19 bits per heavy atom. The second-order valence-electron chi connectivity index (χ2n) is 4.46. The lowest BCUT2D eigenvalue weighted by atomic mass is 10.1. The van der Waals surface area contributed by atoms with E-state index in [0.29, 0.717) is 0 Å². The minimum Gasteiger partial charge on any atom is -0.381 e. The Kier molecular flexibility index (Phi) is 4.36. The highest BCUT2D eigenvalue weighted by Gasteiger charge is 2.13. The first-order valence-electron chi connectivity index (χ1n) is 6.11. The highest BCUT2D eigenvalue weighted by molar-refractivity contribution is 4.90. The maximum absolute atomic E-state index is 5.64. The monoisotopic (exact) mass is 223 g/mol. The van der Waals surface area contributed by atoms with E-state index in [0.717, 1.165) is 31.4 Å². The number of hydrogen-bond donors (Lipinski definition) is 1. The first-order valence-corrected chi connectivity index (χ1v) is 6.11. The van der Waals surface area contributed by atoms with Crippen LogP contribution in [0.1, 0.15) is 18.7 Å². The van der Waals surface area contributed by atoms with Gasteiger partial charge in [-0.3, -0.25) is 0 Å². The molecule has 4 heteroatoms. The molecule has 1 atom stereocenters. The second kappa shape index (κ2) is 6.01. The summed E-state index contributed by atoms with van der Waals surface area (Å²) >= 11 is 0. The Morgan fingerprint density at radius 2 is 2.50 bits per heavy atom. The van der Waals surface area contributed by atoms with Crippen LogP contribution in [0.25, 0.3) is 0 Å². The van der Waals surface area contributed by atoms with Crippen LogP contribution >= 0.6 is 0 Å². The zero-order chi connectivity index (χ0) is 11.2. The van der Waals surface area contributed by atoms with Gasteiger partial charge in [0.25, 0.3) is 0 Å². The van der Waals surface area contributed by atoms with Crippen molar-refractivity contribution in [2.45, 2.75) is 19.3 Å². The molecule has 0 radical (unpaired) electrons. The lowest BCUT2D eigenvalue weighted by Crippen LogP contribution is -2.11. The van der Waals surface area contributed by atoms with Crippen molar-refractivity contribution in [1.29, 1.82) is 0 Å². The summed E-state index contributed by atoms with van der Waals surface area (Å²) in [5.74, 6) is 1.93. The second-order valence-corrected chi connectivity index (χ2v) is 4.46. The van der Waals surface area contributed by atoms with E-state index in [1.165, 1.54) is 25.9 Å². The zero-order valence-electron chi connectivity index (χ0n) is 9.98. The largest absolute Gasteiger partial charge is 0.381 e. The smallest absolute Gasteiger partial charge is 0.110 e. The summed E-state index contributed by atoms with van der Waals surface area (Å²) in [7, 11) is 2.02. The van der Waals surface area contributed by atoms with Crippen molar-refractivity contribution in [1.82, 2.24) is 14.9 Å². The molecule has 1 fully saturated rings. The van der Waals surface area contributed by atoms with E-state index in [9.17, 15) is 0 Å². The molecular weight excluding hydrogens is 202 g/mol. The van der Waals surface area contributed by atoms with E-state index >= 15 is 0 Å². The van der Waals surface area contributed by atoms with Crippen LogP contribution in [0.4, 0.5) is 0 Å². The highest BCUT2D eigenvalue weighted by atomic mass is 16.5. The Balaban J connectivity index is 1.53. The van der Waals surface area contributed by atoms with Gasteiger partial charge >= 0.3 is 0 Å². The minimum absolute atomic E-state index is 0.783. The molecule has 0 amide bonds. The third-order valence-electron chi connectivity index (χ3n) is 3.22. The van der Waals surface area contributed by atoms with Crippen molar-refractivity contribution in [3.8, 4) is 0 Å². The van der Waals surface area contributed by atoms with E-state index in [2.05, 4.69) is 10.3 Å². The average molecular weight is 223 g/mol. The maximum atomic E-state index is 5.64. The molecule has 0 bridgehead atoms. The standard InChI is InChI=1S/C12H21N3O/c1-15-7-6-14-12(15)4-9-16-8-3-11-2-5-13-10-11/h6-7,11,13H,2-5,8-10H2,1H3. The van der Waals surface area contributed by atoms with Crippen LogP contribution in [-0.4, -0.2) is 35.9 Å². The third-order valence-corrected chi connectivity index (χ3v) is 3.22. The number of aryl methyl sites for hydroxylation is 1. The zero-order valence-corrected chi connectivity index (χ0v) is 9.98. The fourth-order valence-corrected chi connectivity index (χ4v) is 2.11. The predicted octanol–water partition coefficient (Wildman–Crippen LogP) is 0.979. The van der Waals surface area contributed by atoms with Gasteiger partial charge in [-0.05, 0) is 31.8 Å². The molecule has 16 heavy (non-hydrogen) atoms. The van der Waals surface area contributed by atoms with Gasteiger partial charge in [-0.1, -0.05) is 0 Å². The molecule has 2 rings (SSSR count). The first kappa shape index (κ1) is 11.6. The average Bonchev–Trinajstić information content (AvgIpc) is 2.90. The molecule has 0 aromatic carbocycles. The molecule has 0 aliphatic carbocycles. The Bertz CT molecular complexity index is 305. The van der Waals surface area contributed by atoms with E-state index in [1.807, 2.05) is 24.0 Å². The molecule has 1 unspecified atom stereocenters. The van der Waals surface area contributed by atoms with Crippen LogP contribution in [0.3, 0.4) is 0 Å². The minimum atomic E-state index is 0.783. The molecule has 0 spiro atoms. The third kappa shape index (κ3) is 3.32. The summed E-state index contributed by atoms with van der Waals surface area (Å²) < 4.78 is 7.69. The van der Waals surface area contributed by atoms with Crippen LogP contribution in [0, 0.1) is 5.92 Å². The van der Waals surface area contributed by atoms with Gasteiger partial charge in [0, 0.05) is 32.5 Å². The van der Waals surface area contributed by atoms with Crippen molar-refractivity contribution in [2.75, 3.05) is 26.3 Å². The SMILES string of the molecule is Cn1ccnc1CCOCCC1CCNC1. The molecule has 1 aliphatic rings. The van der Waals surface area contributed by atoms with Gasteiger partial charge in [-0.2, -0.15) is 0 Å². The molecule has 1 N–H and O–H groups in total. The number of aromatic nitrogens is 2. The summed E-state index contributed by atoms with van der Waals surface area (Å²) in [6, 6.07) is 0. The van der Waals surface area contributed by atoms with Gasteiger partial charge in [0.2, 0.25) is 0 Å².